The van der Waals surface area contributed by atoms with Crippen molar-refractivity contribution >= 4 is 46.1 Å². The van der Waals surface area contributed by atoms with Crippen LogP contribution in [0.1, 0.15) is 66.2 Å². The Morgan fingerprint density at radius 3 is 2.33 bits per heavy atom. The number of anilines is 5. The zero-order chi connectivity index (χ0) is 32.6. The molecule has 10 heteroatoms. The fraction of sp³-hybridized carbons (Fsp3) is 0.528. The first-order valence-electron chi connectivity index (χ1n) is 16.8. The molecule has 3 aromatic rings. The Labute approximate surface area is 277 Å². The molecule has 0 radical (unpaired) electrons. The Bertz CT molecular complexity index is 1540. The highest BCUT2D eigenvalue weighted by Gasteiger charge is 2.38. The highest BCUT2D eigenvalue weighted by molar-refractivity contribution is 6.32. The van der Waals surface area contributed by atoms with Gasteiger partial charge >= 0.3 is 0 Å². The lowest BCUT2D eigenvalue weighted by Crippen LogP contribution is -2.57. The number of benzene rings is 2. The smallest absolute Gasteiger partial charge is 0.230 e. The number of piperazine rings is 1. The van der Waals surface area contributed by atoms with E-state index in [0.29, 0.717) is 51.5 Å². The number of amides is 1. The van der Waals surface area contributed by atoms with E-state index in [1.165, 1.54) is 32.0 Å². The van der Waals surface area contributed by atoms with Crippen LogP contribution in [-0.4, -0.2) is 59.5 Å². The molecule has 2 aromatic carbocycles. The summed E-state index contributed by atoms with van der Waals surface area (Å²) in [6, 6.07) is 11.6. The van der Waals surface area contributed by atoms with Crippen molar-refractivity contribution in [2.75, 3.05) is 47.5 Å². The van der Waals surface area contributed by atoms with Gasteiger partial charge in [0.05, 0.1) is 11.4 Å². The zero-order valence-electron chi connectivity index (χ0n) is 27.7. The SMILES string of the molecule is CNc1c(Cl)ncnc1Nc1cc(-c2ccc(NC(=O)C(C)(C)C3CCCC3)cc2)c(F)cc1N1C[C@H](C)N(CC2CC2)[C@@H](C)C1. The molecule has 1 aromatic heterocycles. The number of nitrogens with zero attached hydrogens (tertiary/aromatic N) is 4. The zero-order valence-corrected chi connectivity index (χ0v) is 28.4. The van der Waals surface area contributed by atoms with E-state index in [1.54, 1.807) is 13.1 Å². The van der Waals surface area contributed by atoms with E-state index >= 15 is 4.39 Å². The molecule has 3 aliphatic rings. The van der Waals surface area contributed by atoms with Gasteiger partial charge in [0.1, 0.15) is 17.8 Å². The lowest BCUT2D eigenvalue weighted by molar-refractivity contribution is -0.126. The van der Waals surface area contributed by atoms with E-state index in [2.05, 4.69) is 49.6 Å². The fourth-order valence-corrected chi connectivity index (χ4v) is 7.55. The molecule has 1 aliphatic heterocycles. The molecule has 1 amide bonds. The third-order valence-electron chi connectivity index (χ3n) is 10.4. The standard InChI is InChI=1S/C36H47ClFN7O/c1-22-18-44(19-23(2)45(22)20-24-10-11-24)31-17-29(38)28(16-30(31)43-34-32(39-5)33(37)40-21-41-34)25-12-14-27(15-13-25)42-35(46)36(3,4)26-8-6-7-9-26/h12-17,21-24,26,39H,6-11,18-20H2,1-5H3,(H,42,46)(H,40,41,43)/t22-,23-/m0/s1. The summed E-state index contributed by atoms with van der Waals surface area (Å²) in [7, 11) is 1.77. The number of halogens is 2. The minimum absolute atomic E-state index is 0.0266. The van der Waals surface area contributed by atoms with E-state index in [9.17, 15) is 4.79 Å². The molecule has 0 bridgehead atoms. The Balaban J connectivity index is 1.29. The summed E-state index contributed by atoms with van der Waals surface area (Å²) >= 11 is 6.39. The highest BCUT2D eigenvalue weighted by Crippen LogP contribution is 2.42. The van der Waals surface area contributed by atoms with Gasteiger partial charge in [-0.2, -0.15) is 0 Å². The lowest BCUT2D eigenvalue weighted by Gasteiger charge is -2.46. The average Bonchev–Trinajstić information content (AvgIpc) is 3.67. The highest BCUT2D eigenvalue weighted by atomic mass is 35.5. The molecule has 0 spiro atoms. The van der Waals surface area contributed by atoms with Gasteiger partial charge in [-0.05, 0) is 81.2 Å². The van der Waals surface area contributed by atoms with Crippen LogP contribution in [0.2, 0.25) is 5.15 Å². The van der Waals surface area contributed by atoms with Crippen LogP contribution in [0, 0.1) is 23.1 Å². The molecule has 3 fully saturated rings. The van der Waals surface area contributed by atoms with E-state index in [-0.39, 0.29) is 11.7 Å². The first kappa shape index (κ1) is 32.5. The molecule has 1 saturated heterocycles. The molecule has 2 aliphatic carbocycles. The van der Waals surface area contributed by atoms with Crippen molar-refractivity contribution < 1.29 is 9.18 Å². The summed E-state index contributed by atoms with van der Waals surface area (Å²) in [6.07, 6.45) is 8.62. The maximum absolute atomic E-state index is 16.1. The molecule has 2 heterocycles. The van der Waals surface area contributed by atoms with E-state index < -0.39 is 5.41 Å². The third-order valence-corrected chi connectivity index (χ3v) is 10.7. The van der Waals surface area contributed by atoms with Gasteiger partial charge in [-0.3, -0.25) is 9.69 Å². The minimum Gasteiger partial charge on any atom is -0.383 e. The van der Waals surface area contributed by atoms with Crippen LogP contribution in [0.5, 0.6) is 0 Å². The lowest BCUT2D eigenvalue weighted by atomic mass is 9.77. The molecule has 2 saturated carbocycles. The van der Waals surface area contributed by atoms with Crippen molar-refractivity contribution in [3.63, 3.8) is 0 Å². The van der Waals surface area contributed by atoms with Crippen molar-refractivity contribution in [3.05, 3.63) is 53.7 Å². The summed E-state index contributed by atoms with van der Waals surface area (Å²) in [4.78, 5) is 26.7. The number of aromatic nitrogens is 2. The predicted octanol–water partition coefficient (Wildman–Crippen LogP) is 8.19. The second-order valence-corrected chi connectivity index (χ2v) is 14.4. The Morgan fingerprint density at radius 1 is 1.02 bits per heavy atom. The Morgan fingerprint density at radius 2 is 1.70 bits per heavy atom. The number of carbonyl (C=O) groups excluding carboxylic acids is 1. The van der Waals surface area contributed by atoms with Gasteiger partial charge in [0.2, 0.25) is 5.91 Å². The fourth-order valence-electron chi connectivity index (χ4n) is 7.32. The van der Waals surface area contributed by atoms with Gasteiger partial charge in [0.25, 0.3) is 0 Å². The maximum Gasteiger partial charge on any atom is 0.230 e. The van der Waals surface area contributed by atoms with E-state index in [4.69, 9.17) is 11.6 Å². The van der Waals surface area contributed by atoms with Crippen LogP contribution >= 0.6 is 11.6 Å². The monoisotopic (exact) mass is 647 g/mol. The predicted molar refractivity (Wildman–Crippen MR) is 187 cm³/mol. The Hall–Kier alpha value is -3.43. The van der Waals surface area contributed by atoms with Crippen LogP contribution in [0.3, 0.4) is 0 Å². The number of hydrogen-bond donors (Lipinski definition) is 3. The van der Waals surface area contributed by atoms with Crippen molar-refractivity contribution in [2.24, 2.45) is 17.3 Å². The van der Waals surface area contributed by atoms with Gasteiger partial charge in [0, 0.05) is 55.4 Å². The van der Waals surface area contributed by atoms with Gasteiger partial charge in [-0.1, -0.05) is 50.4 Å². The first-order chi connectivity index (χ1) is 22.0. The van der Waals surface area contributed by atoms with Crippen molar-refractivity contribution in [1.29, 1.82) is 0 Å². The maximum atomic E-state index is 16.1. The van der Waals surface area contributed by atoms with Crippen LogP contribution in [0.15, 0.2) is 42.7 Å². The van der Waals surface area contributed by atoms with Crippen LogP contribution in [0.4, 0.5) is 33.0 Å². The number of hydrogen-bond acceptors (Lipinski definition) is 7. The summed E-state index contributed by atoms with van der Waals surface area (Å²) < 4.78 is 16.1. The van der Waals surface area contributed by atoms with E-state index in [1.807, 2.05) is 44.2 Å². The second kappa shape index (κ2) is 13.4. The van der Waals surface area contributed by atoms with Crippen molar-refractivity contribution in [2.45, 2.75) is 78.3 Å². The minimum atomic E-state index is -0.438. The molecule has 0 unspecified atom stereocenters. The normalized spacial score (nSPS) is 21.0. The molecular weight excluding hydrogens is 601 g/mol. The second-order valence-electron chi connectivity index (χ2n) is 14.1. The molecule has 8 nitrogen and oxygen atoms in total. The van der Waals surface area contributed by atoms with Crippen molar-refractivity contribution in [1.82, 2.24) is 14.9 Å². The van der Waals surface area contributed by atoms with Gasteiger partial charge < -0.3 is 20.9 Å². The van der Waals surface area contributed by atoms with Crippen LogP contribution in [-0.2, 0) is 4.79 Å². The van der Waals surface area contributed by atoms with Gasteiger partial charge in [0.15, 0.2) is 11.0 Å². The average molecular weight is 648 g/mol. The van der Waals surface area contributed by atoms with Crippen molar-refractivity contribution in [3.8, 4) is 11.1 Å². The van der Waals surface area contributed by atoms with Gasteiger partial charge in [-0.15, -0.1) is 0 Å². The number of carbonyl (C=O) groups is 1. The molecule has 2 atom stereocenters. The van der Waals surface area contributed by atoms with E-state index in [0.717, 1.165) is 49.8 Å². The summed E-state index contributed by atoms with van der Waals surface area (Å²) in [6.45, 7) is 11.3. The third kappa shape index (κ3) is 6.81. The summed E-state index contributed by atoms with van der Waals surface area (Å²) in [5.74, 6) is 1.43. The topological polar surface area (TPSA) is 85.4 Å². The molecule has 3 N–H and O–H groups in total. The number of rotatable bonds is 10. The molecular formula is C36H47ClFN7O. The van der Waals surface area contributed by atoms with Gasteiger partial charge in [-0.25, -0.2) is 14.4 Å². The molecule has 6 rings (SSSR count). The first-order valence-corrected chi connectivity index (χ1v) is 17.1. The van der Waals surface area contributed by atoms with Crippen LogP contribution in [0.25, 0.3) is 11.1 Å². The largest absolute Gasteiger partial charge is 0.383 e. The Kier molecular flexibility index (Phi) is 9.44. The van der Waals surface area contributed by atoms with Crippen LogP contribution < -0.4 is 20.9 Å². The summed E-state index contributed by atoms with van der Waals surface area (Å²) in [5.41, 5.74) is 3.51. The summed E-state index contributed by atoms with van der Waals surface area (Å²) in [5, 5.41) is 9.95. The molecule has 46 heavy (non-hydrogen) atoms. The quantitative estimate of drug-likeness (QED) is 0.191. The molecule has 246 valence electrons. The number of nitrogens with one attached hydrogen (secondary N) is 3.